The van der Waals surface area contributed by atoms with Gasteiger partial charge in [-0.15, -0.1) is 0 Å². The summed E-state index contributed by atoms with van der Waals surface area (Å²) in [6, 6.07) is 3.96. The van der Waals surface area contributed by atoms with E-state index in [4.69, 9.17) is 4.74 Å². The van der Waals surface area contributed by atoms with Crippen LogP contribution in [0.5, 0.6) is 5.88 Å². The quantitative estimate of drug-likeness (QED) is 0.805. The van der Waals surface area contributed by atoms with Crippen LogP contribution in [-0.2, 0) is 6.42 Å². The molecule has 3 rings (SSSR count). The highest BCUT2D eigenvalue weighted by atomic mass is 16.5. The molecule has 0 atom stereocenters. The Balaban J connectivity index is 1.58. The van der Waals surface area contributed by atoms with Gasteiger partial charge in [-0.3, -0.25) is 4.79 Å². The summed E-state index contributed by atoms with van der Waals surface area (Å²) >= 11 is 0. The number of hydrogen-bond donors (Lipinski definition) is 1. The Kier molecular flexibility index (Phi) is 6.26. The van der Waals surface area contributed by atoms with Crippen LogP contribution in [0.4, 0.5) is 0 Å². The van der Waals surface area contributed by atoms with E-state index in [1.54, 1.807) is 19.2 Å². The highest BCUT2D eigenvalue weighted by Crippen LogP contribution is 2.29. The fourth-order valence-electron chi connectivity index (χ4n) is 3.72. The maximum Gasteiger partial charge on any atom is 0.252 e. The van der Waals surface area contributed by atoms with Gasteiger partial charge in [-0.25, -0.2) is 9.97 Å². The Bertz CT molecular complexity index is 716. The molecule has 140 valence electrons. The van der Waals surface area contributed by atoms with E-state index in [9.17, 15) is 4.79 Å². The van der Waals surface area contributed by atoms with Crippen LogP contribution in [0.25, 0.3) is 0 Å². The van der Waals surface area contributed by atoms with Crippen LogP contribution in [0.3, 0.4) is 0 Å². The zero-order valence-electron chi connectivity index (χ0n) is 15.7. The first-order valence-corrected chi connectivity index (χ1v) is 9.50. The average molecular weight is 356 g/mol. The summed E-state index contributed by atoms with van der Waals surface area (Å²) in [6.45, 7) is 2.69. The second-order valence-corrected chi connectivity index (χ2v) is 6.93. The summed E-state index contributed by atoms with van der Waals surface area (Å²) in [4.78, 5) is 20.9. The van der Waals surface area contributed by atoms with Crippen molar-refractivity contribution in [1.29, 1.82) is 0 Å². The lowest BCUT2D eigenvalue weighted by Gasteiger charge is -2.21. The Morgan fingerprint density at radius 3 is 2.62 bits per heavy atom. The molecule has 6 heteroatoms. The number of pyridine rings is 1. The number of amides is 1. The second kappa shape index (κ2) is 8.83. The molecule has 2 heterocycles. The number of rotatable bonds is 6. The number of nitrogens with one attached hydrogen (secondary N) is 1. The average Bonchev–Trinajstić information content (AvgIpc) is 2.86. The molecular formula is C20H28N4O2. The summed E-state index contributed by atoms with van der Waals surface area (Å²) in [5.41, 5.74) is 1.76. The van der Waals surface area contributed by atoms with Crippen LogP contribution < -0.4 is 10.1 Å². The monoisotopic (exact) mass is 356 g/mol. The van der Waals surface area contributed by atoms with Crippen LogP contribution in [0.1, 0.15) is 66.4 Å². The number of ether oxygens (including phenoxy) is 1. The van der Waals surface area contributed by atoms with Gasteiger partial charge < -0.3 is 14.6 Å². The molecule has 0 aromatic carbocycles. The van der Waals surface area contributed by atoms with E-state index in [2.05, 4.69) is 26.8 Å². The summed E-state index contributed by atoms with van der Waals surface area (Å²) in [7, 11) is 1.56. The fraction of sp³-hybridized carbons (Fsp3) is 0.550. The lowest BCUT2D eigenvalue weighted by molar-refractivity contribution is 0.0953. The van der Waals surface area contributed by atoms with Crippen LogP contribution >= 0.6 is 0 Å². The number of hydrogen-bond acceptors (Lipinski definition) is 4. The largest absolute Gasteiger partial charge is 0.481 e. The van der Waals surface area contributed by atoms with Crippen molar-refractivity contribution in [2.75, 3.05) is 13.7 Å². The van der Waals surface area contributed by atoms with Gasteiger partial charge in [-0.1, -0.05) is 25.7 Å². The molecule has 2 aromatic heterocycles. The molecule has 1 fully saturated rings. The first-order chi connectivity index (χ1) is 12.7. The number of aromatic nitrogens is 3. The minimum absolute atomic E-state index is 0.121. The standard InChI is InChI=1S/C20H28N4O2/c1-15-13-22-18(24(15)17-7-5-3-4-6-8-17)11-12-21-20(25)16-9-10-19(26-2)23-14-16/h9-10,13-14,17H,3-8,11-12H2,1-2H3,(H,21,25). The Morgan fingerprint density at radius 1 is 1.19 bits per heavy atom. The first kappa shape index (κ1) is 18.4. The number of carbonyl (C=O) groups is 1. The van der Waals surface area contributed by atoms with Crippen LogP contribution in [0.15, 0.2) is 24.5 Å². The van der Waals surface area contributed by atoms with Gasteiger partial charge in [0.05, 0.1) is 12.7 Å². The number of aryl methyl sites for hydroxylation is 1. The van der Waals surface area contributed by atoms with E-state index in [1.807, 2.05) is 6.20 Å². The van der Waals surface area contributed by atoms with Crippen molar-refractivity contribution in [1.82, 2.24) is 19.9 Å². The van der Waals surface area contributed by atoms with Gasteiger partial charge in [-0.05, 0) is 25.8 Å². The van der Waals surface area contributed by atoms with E-state index in [0.29, 0.717) is 24.0 Å². The lowest BCUT2D eigenvalue weighted by Crippen LogP contribution is -2.27. The van der Waals surface area contributed by atoms with E-state index in [1.165, 1.54) is 50.4 Å². The van der Waals surface area contributed by atoms with Gasteiger partial charge in [0.1, 0.15) is 5.82 Å². The zero-order valence-corrected chi connectivity index (χ0v) is 15.7. The summed E-state index contributed by atoms with van der Waals surface area (Å²) in [5, 5.41) is 2.96. The summed E-state index contributed by atoms with van der Waals surface area (Å²) < 4.78 is 7.41. The number of methoxy groups -OCH3 is 1. The molecule has 0 spiro atoms. The van der Waals surface area contributed by atoms with E-state index in [0.717, 1.165) is 12.2 Å². The van der Waals surface area contributed by atoms with Crippen LogP contribution in [-0.4, -0.2) is 34.1 Å². The van der Waals surface area contributed by atoms with Crippen LogP contribution in [0, 0.1) is 6.92 Å². The van der Waals surface area contributed by atoms with E-state index >= 15 is 0 Å². The SMILES string of the molecule is COc1ccc(C(=O)NCCc2ncc(C)n2C2CCCCCC2)cn1. The number of carbonyl (C=O) groups excluding carboxylic acids is 1. The van der Waals surface area contributed by atoms with Crippen molar-refractivity contribution < 1.29 is 9.53 Å². The molecule has 1 aliphatic carbocycles. The molecule has 2 aromatic rings. The maximum atomic E-state index is 12.3. The third-order valence-corrected chi connectivity index (χ3v) is 5.09. The normalized spacial score (nSPS) is 15.5. The molecule has 0 bridgehead atoms. The molecule has 26 heavy (non-hydrogen) atoms. The Hall–Kier alpha value is -2.37. The van der Waals surface area contributed by atoms with Crippen molar-refractivity contribution in [3.63, 3.8) is 0 Å². The van der Waals surface area contributed by atoms with Gasteiger partial charge >= 0.3 is 0 Å². The molecule has 6 nitrogen and oxygen atoms in total. The molecule has 1 N–H and O–H groups in total. The smallest absolute Gasteiger partial charge is 0.252 e. The van der Waals surface area contributed by atoms with E-state index in [-0.39, 0.29) is 5.91 Å². The van der Waals surface area contributed by atoms with Crippen molar-refractivity contribution >= 4 is 5.91 Å². The van der Waals surface area contributed by atoms with Crippen molar-refractivity contribution in [2.45, 2.75) is 57.9 Å². The third-order valence-electron chi connectivity index (χ3n) is 5.09. The predicted molar refractivity (Wildman–Crippen MR) is 101 cm³/mol. The van der Waals surface area contributed by atoms with Gasteiger partial charge in [-0.2, -0.15) is 0 Å². The summed E-state index contributed by atoms with van der Waals surface area (Å²) in [5.74, 6) is 1.45. The molecule has 1 amide bonds. The van der Waals surface area contributed by atoms with Crippen molar-refractivity contribution in [3.8, 4) is 5.88 Å². The topological polar surface area (TPSA) is 69.0 Å². The third kappa shape index (κ3) is 4.42. The second-order valence-electron chi connectivity index (χ2n) is 6.93. The lowest BCUT2D eigenvalue weighted by atomic mass is 10.1. The molecule has 0 radical (unpaired) electrons. The number of nitrogens with zero attached hydrogens (tertiary/aromatic N) is 3. The molecule has 0 aliphatic heterocycles. The van der Waals surface area contributed by atoms with Gasteiger partial charge in [0.2, 0.25) is 5.88 Å². The Labute approximate surface area is 155 Å². The molecule has 0 unspecified atom stereocenters. The minimum Gasteiger partial charge on any atom is -0.481 e. The Morgan fingerprint density at radius 2 is 1.96 bits per heavy atom. The van der Waals surface area contributed by atoms with Gasteiger partial charge in [0.25, 0.3) is 5.91 Å². The highest BCUT2D eigenvalue weighted by molar-refractivity contribution is 5.93. The first-order valence-electron chi connectivity index (χ1n) is 9.50. The zero-order chi connectivity index (χ0) is 18.4. The molecular weight excluding hydrogens is 328 g/mol. The predicted octanol–water partition coefficient (Wildman–Crippen LogP) is 3.46. The highest BCUT2D eigenvalue weighted by Gasteiger charge is 2.19. The molecule has 1 aliphatic rings. The van der Waals surface area contributed by atoms with E-state index < -0.39 is 0 Å². The summed E-state index contributed by atoms with van der Waals surface area (Å²) in [6.07, 6.45) is 11.9. The fourth-order valence-corrected chi connectivity index (χ4v) is 3.72. The van der Waals surface area contributed by atoms with Gasteiger partial charge in [0.15, 0.2) is 0 Å². The minimum atomic E-state index is -0.121. The van der Waals surface area contributed by atoms with Crippen molar-refractivity contribution in [2.24, 2.45) is 0 Å². The van der Waals surface area contributed by atoms with Crippen LogP contribution in [0.2, 0.25) is 0 Å². The number of imidazole rings is 1. The van der Waals surface area contributed by atoms with Crippen molar-refractivity contribution in [3.05, 3.63) is 41.6 Å². The maximum absolute atomic E-state index is 12.3. The molecule has 1 saturated carbocycles. The molecule has 0 saturated heterocycles. The van der Waals surface area contributed by atoms with Gasteiger partial charge in [0, 0.05) is 43.2 Å².